The van der Waals surface area contributed by atoms with Gasteiger partial charge in [0.05, 0.1) is 13.2 Å². The van der Waals surface area contributed by atoms with Crippen LogP contribution in [-0.4, -0.2) is 38.1 Å². The smallest absolute Gasteiger partial charge is 0.231 e. The zero-order chi connectivity index (χ0) is 16.4. The summed E-state index contributed by atoms with van der Waals surface area (Å²) >= 11 is 0. The van der Waals surface area contributed by atoms with Gasteiger partial charge in [-0.2, -0.15) is 0 Å². The predicted molar refractivity (Wildman–Crippen MR) is 90.5 cm³/mol. The number of hydrogen-bond acceptors (Lipinski definition) is 6. The van der Waals surface area contributed by atoms with Gasteiger partial charge in [0.15, 0.2) is 11.5 Å². The first-order valence-electron chi connectivity index (χ1n) is 8.24. The molecule has 6 nitrogen and oxygen atoms in total. The van der Waals surface area contributed by atoms with Crippen molar-refractivity contribution < 1.29 is 14.2 Å². The molecule has 0 aliphatic carbocycles. The number of anilines is 1. The van der Waals surface area contributed by atoms with E-state index in [1.54, 1.807) is 0 Å². The fourth-order valence-corrected chi connectivity index (χ4v) is 3.27. The normalized spacial score (nSPS) is 16.5. The summed E-state index contributed by atoms with van der Waals surface area (Å²) in [5.74, 6) is 2.63. The molecule has 1 fully saturated rings. The van der Waals surface area contributed by atoms with Crippen molar-refractivity contribution >= 4 is 5.82 Å². The van der Waals surface area contributed by atoms with Crippen molar-refractivity contribution in [2.24, 2.45) is 5.73 Å². The number of morpholine rings is 1. The maximum Gasteiger partial charge on any atom is 0.231 e. The van der Waals surface area contributed by atoms with Gasteiger partial charge in [-0.1, -0.05) is 12.1 Å². The molecule has 2 aromatic rings. The van der Waals surface area contributed by atoms with E-state index < -0.39 is 0 Å². The predicted octanol–water partition coefficient (Wildman–Crippen LogP) is 1.70. The highest BCUT2D eigenvalue weighted by Gasteiger charge is 2.22. The third-order valence-electron chi connectivity index (χ3n) is 4.51. The van der Waals surface area contributed by atoms with Gasteiger partial charge in [-0.25, -0.2) is 4.98 Å². The summed E-state index contributed by atoms with van der Waals surface area (Å²) < 4.78 is 16.6. The van der Waals surface area contributed by atoms with E-state index in [9.17, 15) is 0 Å². The summed E-state index contributed by atoms with van der Waals surface area (Å²) in [5, 5.41) is 0. The maximum atomic E-state index is 5.99. The van der Waals surface area contributed by atoms with Crippen LogP contribution in [0.5, 0.6) is 11.5 Å². The van der Waals surface area contributed by atoms with Crippen molar-refractivity contribution in [3.05, 3.63) is 47.2 Å². The first-order valence-corrected chi connectivity index (χ1v) is 8.24. The fourth-order valence-electron chi connectivity index (χ4n) is 3.27. The number of ether oxygens (including phenoxy) is 3. The average molecular weight is 327 g/mol. The minimum Gasteiger partial charge on any atom is -0.454 e. The quantitative estimate of drug-likeness (QED) is 0.922. The van der Waals surface area contributed by atoms with E-state index in [1.165, 1.54) is 0 Å². The first-order chi connectivity index (χ1) is 11.9. The van der Waals surface area contributed by atoms with E-state index in [1.807, 2.05) is 24.4 Å². The second kappa shape index (κ2) is 6.67. The fraction of sp³-hybridized carbons (Fsp3) is 0.389. The molecule has 4 rings (SSSR count). The van der Waals surface area contributed by atoms with Gasteiger partial charge in [0.25, 0.3) is 0 Å². The monoisotopic (exact) mass is 327 g/mol. The van der Waals surface area contributed by atoms with Gasteiger partial charge in [0.2, 0.25) is 6.79 Å². The molecule has 0 spiro atoms. The van der Waals surface area contributed by atoms with Crippen molar-refractivity contribution in [3.8, 4) is 11.5 Å². The van der Waals surface area contributed by atoms with E-state index in [0.29, 0.717) is 6.54 Å². The van der Waals surface area contributed by atoms with Crippen LogP contribution in [-0.2, 0) is 17.7 Å². The summed E-state index contributed by atoms with van der Waals surface area (Å²) in [6.07, 6.45) is 2.56. The number of para-hydroxylation sites is 1. The molecule has 1 saturated heterocycles. The summed E-state index contributed by atoms with van der Waals surface area (Å²) in [6, 6.07) is 8.00. The minimum atomic E-state index is 0.277. The van der Waals surface area contributed by atoms with E-state index in [4.69, 9.17) is 19.9 Å². The van der Waals surface area contributed by atoms with Crippen molar-refractivity contribution in [2.45, 2.75) is 13.0 Å². The zero-order valence-corrected chi connectivity index (χ0v) is 13.5. The summed E-state index contributed by atoms with van der Waals surface area (Å²) in [5.41, 5.74) is 9.36. The van der Waals surface area contributed by atoms with Crippen LogP contribution in [0.4, 0.5) is 5.82 Å². The van der Waals surface area contributed by atoms with E-state index in [-0.39, 0.29) is 6.79 Å². The number of nitrogens with zero attached hydrogens (tertiary/aromatic N) is 2. The lowest BCUT2D eigenvalue weighted by atomic mass is 9.99. The van der Waals surface area contributed by atoms with Crippen molar-refractivity contribution in [2.75, 3.05) is 38.0 Å². The number of fused-ring (bicyclic) bond motifs is 1. The molecule has 0 atom stereocenters. The number of aromatic nitrogens is 1. The molecule has 0 unspecified atom stereocenters. The Balaban J connectivity index is 1.72. The van der Waals surface area contributed by atoms with Gasteiger partial charge in [-0.15, -0.1) is 0 Å². The lowest BCUT2D eigenvalue weighted by molar-refractivity contribution is 0.122. The molecule has 0 saturated carbocycles. The van der Waals surface area contributed by atoms with Gasteiger partial charge in [-0.05, 0) is 17.7 Å². The van der Waals surface area contributed by atoms with Crippen LogP contribution >= 0.6 is 0 Å². The molecule has 24 heavy (non-hydrogen) atoms. The number of rotatable bonds is 4. The van der Waals surface area contributed by atoms with Gasteiger partial charge in [0, 0.05) is 43.4 Å². The van der Waals surface area contributed by atoms with Gasteiger partial charge < -0.3 is 24.8 Å². The molecular formula is C18H21N3O3. The minimum absolute atomic E-state index is 0.277. The highest BCUT2D eigenvalue weighted by molar-refractivity contribution is 5.56. The van der Waals surface area contributed by atoms with Gasteiger partial charge in [-0.3, -0.25) is 0 Å². The molecule has 2 N–H and O–H groups in total. The Morgan fingerprint density at radius 2 is 1.96 bits per heavy atom. The molecule has 0 radical (unpaired) electrons. The van der Waals surface area contributed by atoms with E-state index in [0.717, 1.165) is 66.7 Å². The molecule has 126 valence electrons. The second-order valence-corrected chi connectivity index (χ2v) is 5.90. The molecule has 2 aliphatic rings. The molecule has 3 heterocycles. The van der Waals surface area contributed by atoms with Crippen LogP contribution in [0.15, 0.2) is 30.5 Å². The van der Waals surface area contributed by atoms with Crippen LogP contribution in [0.1, 0.15) is 16.7 Å². The van der Waals surface area contributed by atoms with Crippen LogP contribution in [0.25, 0.3) is 0 Å². The van der Waals surface area contributed by atoms with E-state index in [2.05, 4.69) is 16.0 Å². The molecular weight excluding hydrogens is 306 g/mol. The SMILES string of the molecule is NCc1ccnc(N2CCOCC2)c1Cc1cccc2c1OCO2. The lowest BCUT2D eigenvalue weighted by Gasteiger charge is -2.30. The highest BCUT2D eigenvalue weighted by Crippen LogP contribution is 2.37. The van der Waals surface area contributed by atoms with Crippen LogP contribution in [0.2, 0.25) is 0 Å². The Labute approximate surface area is 141 Å². The topological polar surface area (TPSA) is 69.8 Å². The second-order valence-electron chi connectivity index (χ2n) is 5.90. The van der Waals surface area contributed by atoms with Crippen molar-refractivity contribution in [1.29, 1.82) is 0 Å². The molecule has 0 bridgehead atoms. The third kappa shape index (κ3) is 2.79. The Hall–Kier alpha value is -2.31. The number of nitrogens with two attached hydrogens (primary N) is 1. The summed E-state index contributed by atoms with van der Waals surface area (Å²) in [6.45, 7) is 3.92. The van der Waals surface area contributed by atoms with Crippen LogP contribution in [0, 0.1) is 0 Å². The number of benzene rings is 1. The summed E-state index contributed by atoms with van der Waals surface area (Å²) in [7, 11) is 0. The molecule has 0 amide bonds. The Morgan fingerprint density at radius 1 is 1.08 bits per heavy atom. The first kappa shape index (κ1) is 15.2. The highest BCUT2D eigenvalue weighted by atomic mass is 16.7. The van der Waals surface area contributed by atoms with Crippen LogP contribution in [0.3, 0.4) is 0 Å². The molecule has 1 aromatic carbocycles. The Kier molecular flexibility index (Phi) is 4.23. The molecule has 1 aromatic heterocycles. The summed E-state index contributed by atoms with van der Waals surface area (Å²) in [4.78, 5) is 6.92. The number of hydrogen-bond donors (Lipinski definition) is 1. The molecule has 6 heteroatoms. The van der Waals surface area contributed by atoms with Crippen LogP contribution < -0.4 is 20.1 Å². The molecule has 2 aliphatic heterocycles. The average Bonchev–Trinajstić information content (AvgIpc) is 3.12. The number of pyridine rings is 1. The van der Waals surface area contributed by atoms with Crippen molar-refractivity contribution in [3.63, 3.8) is 0 Å². The Bertz CT molecular complexity index is 729. The lowest BCUT2D eigenvalue weighted by Crippen LogP contribution is -2.37. The zero-order valence-electron chi connectivity index (χ0n) is 13.5. The van der Waals surface area contributed by atoms with Gasteiger partial charge >= 0.3 is 0 Å². The largest absolute Gasteiger partial charge is 0.454 e. The van der Waals surface area contributed by atoms with Gasteiger partial charge in [0.1, 0.15) is 5.82 Å². The third-order valence-corrected chi connectivity index (χ3v) is 4.51. The maximum absolute atomic E-state index is 5.99. The van der Waals surface area contributed by atoms with Crippen molar-refractivity contribution in [1.82, 2.24) is 4.98 Å². The Morgan fingerprint density at radius 3 is 2.79 bits per heavy atom. The van der Waals surface area contributed by atoms with E-state index >= 15 is 0 Å². The standard InChI is InChI=1S/C18H21N3O3/c19-11-14-4-5-20-18(21-6-8-22-9-7-21)15(14)10-13-2-1-3-16-17(13)24-12-23-16/h1-5H,6-12,19H2.